The molecule has 0 saturated heterocycles. The van der Waals surface area contributed by atoms with Crippen LogP contribution < -0.4 is 11.1 Å². The largest absolute Gasteiger partial charge is 0.504 e. The van der Waals surface area contributed by atoms with Gasteiger partial charge in [-0.3, -0.25) is 4.79 Å². The topological polar surface area (TPSA) is 116 Å². The maximum Gasteiger partial charge on any atom is 0.237 e. The highest BCUT2D eigenvalue weighted by molar-refractivity contribution is 5.82. The first-order valence-electron chi connectivity index (χ1n) is 7.22. The van der Waals surface area contributed by atoms with Crippen LogP contribution in [0.15, 0.2) is 18.2 Å². The fourth-order valence-corrected chi connectivity index (χ4v) is 2.61. The van der Waals surface area contributed by atoms with E-state index in [-0.39, 0.29) is 29.9 Å². The van der Waals surface area contributed by atoms with Gasteiger partial charge in [-0.2, -0.15) is 0 Å². The van der Waals surface area contributed by atoms with E-state index in [0.29, 0.717) is 12.0 Å². The molecule has 0 spiro atoms. The molecule has 0 aromatic heterocycles. The van der Waals surface area contributed by atoms with Crippen molar-refractivity contribution >= 4 is 5.91 Å². The molecule has 1 aromatic carbocycles. The number of aliphatic hydroxyl groups is 1. The highest BCUT2D eigenvalue weighted by Crippen LogP contribution is 2.25. The lowest BCUT2D eigenvalue weighted by molar-refractivity contribution is -0.124. The molecule has 1 aliphatic rings. The maximum atomic E-state index is 12.1. The van der Waals surface area contributed by atoms with E-state index in [9.17, 15) is 20.1 Å². The summed E-state index contributed by atoms with van der Waals surface area (Å²) in [6.45, 7) is 0. The number of carbonyl (C=O) groups is 1. The molecule has 1 saturated carbocycles. The van der Waals surface area contributed by atoms with Gasteiger partial charge in [0.15, 0.2) is 11.5 Å². The fourth-order valence-electron chi connectivity index (χ4n) is 2.61. The molecule has 6 N–H and O–H groups in total. The monoisotopic (exact) mass is 294 g/mol. The SMILES string of the molecule is N[C@@H](Cc1ccc(O)c(O)c1)C(=O)N[C@@H]1CCCC[C@H]1O. The van der Waals surface area contributed by atoms with Crippen LogP contribution >= 0.6 is 0 Å². The molecule has 116 valence electrons. The Kier molecular flexibility index (Phi) is 5.03. The Morgan fingerprint density at radius 1 is 1.29 bits per heavy atom. The summed E-state index contributed by atoms with van der Waals surface area (Å²) in [6.07, 6.45) is 3.18. The molecule has 0 unspecified atom stereocenters. The van der Waals surface area contributed by atoms with Crippen LogP contribution in [0.3, 0.4) is 0 Å². The number of aromatic hydroxyl groups is 2. The van der Waals surface area contributed by atoms with Crippen molar-refractivity contribution in [1.82, 2.24) is 5.32 Å². The van der Waals surface area contributed by atoms with E-state index in [4.69, 9.17) is 5.73 Å². The van der Waals surface area contributed by atoms with Gasteiger partial charge >= 0.3 is 0 Å². The minimum atomic E-state index is -0.761. The van der Waals surface area contributed by atoms with Crippen molar-refractivity contribution in [2.24, 2.45) is 5.73 Å². The van der Waals surface area contributed by atoms with Crippen molar-refractivity contribution in [2.45, 2.75) is 50.3 Å². The average molecular weight is 294 g/mol. The molecular weight excluding hydrogens is 272 g/mol. The zero-order valence-electron chi connectivity index (χ0n) is 11.8. The predicted molar refractivity (Wildman–Crippen MR) is 77.9 cm³/mol. The number of nitrogens with one attached hydrogen (secondary N) is 1. The summed E-state index contributed by atoms with van der Waals surface area (Å²) in [5, 5.41) is 31.3. The third-order valence-electron chi connectivity index (χ3n) is 3.89. The van der Waals surface area contributed by atoms with E-state index in [1.807, 2.05) is 0 Å². The average Bonchev–Trinajstić information content (AvgIpc) is 2.45. The van der Waals surface area contributed by atoms with E-state index in [1.165, 1.54) is 12.1 Å². The normalized spacial score (nSPS) is 23.5. The summed E-state index contributed by atoms with van der Waals surface area (Å²) < 4.78 is 0. The molecular formula is C15H22N2O4. The smallest absolute Gasteiger partial charge is 0.237 e. The van der Waals surface area contributed by atoms with Crippen molar-refractivity contribution in [3.63, 3.8) is 0 Å². The van der Waals surface area contributed by atoms with Gasteiger partial charge in [-0.25, -0.2) is 0 Å². The summed E-state index contributed by atoms with van der Waals surface area (Å²) in [7, 11) is 0. The number of phenolic OH excluding ortho intramolecular Hbond substituents is 2. The molecule has 6 heteroatoms. The molecule has 0 heterocycles. The van der Waals surface area contributed by atoms with Gasteiger partial charge in [0.25, 0.3) is 0 Å². The number of carbonyl (C=O) groups excluding carboxylic acids is 1. The zero-order valence-corrected chi connectivity index (χ0v) is 11.8. The van der Waals surface area contributed by atoms with E-state index in [0.717, 1.165) is 19.3 Å². The zero-order chi connectivity index (χ0) is 15.4. The van der Waals surface area contributed by atoms with Crippen molar-refractivity contribution < 1.29 is 20.1 Å². The van der Waals surface area contributed by atoms with E-state index < -0.39 is 12.1 Å². The van der Waals surface area contributed by atoms with Crippen LogP contribution in [0.25, 0.3) is 0 Å². The molecule has 0 bridgehead atoms. The van der Waals surface area contributed by atoms with Gasteiger partial charge in [-0.15, -0.1) is 0 Å². The number of amides is 1. The molecule has 3 atom stereocenters. The molecule has 1 amide bonds. The standard InChI is InChI=1S/C15H22N2O4/c16-10(7-9-5-6-13(19)14(20)8-9)15(21)17-11-3-1-2-4-12(11)18/h5-6,8,10-12,18-20H,1-4,7,16H2,(H,17,21)/t10-,11+,12+/m0/s1. The first-order valence-corrected chi connectivity index (χ1v) is 7.22. The Morgan fingerprint density at radius 2 is 2.00 bits per heavy atom. The van der Waals surface area contributed by atoms with Gasteiger partial charge < -0.3 is 26.4 Å². The number of hydrogen-bond acceptors (Lipinski definition) is 5. The van der Waals surface area contributed by atoms with Gasteiger partial charge in [0.05, 0.1) is 18.2 Å². The van der Waals surface area contributed by atoms with Gasteiger partial charge in [0.2, 0.25) is 5.91 Å². The molecule has 1 fully saturated rings. The Balaban J connectivity index is 1.91. The van der Waals surface area contributed by atoms with Crippen LogP contribution in [0.5, 0.6) is 11.5 Å². The van der Waals surface area contributed by atoms with Crippen molar-refractivity contribution in [1.29, 1.82) is 0 Å². The van der Waals surface area contributed by atoms with Crippen molar-refractivity contribution in [3.8, 4) is 11.5 Å². The van der Waals surface area contributed by atoms with E-state index in [2.05, 4.69) is 5.32 Å². The van der Waals surface area contributed by atoms with Crippen molar-refractivity contribution in [3.05, 3.63) is 23.8 Å². The summed E-state index contributed by atoms with van der Waals surface area (Å²) >= 11 is 0. The van der Waals surface area contributed by atoms with E-state index in [1.54, 1.807) is 6.07 Å². The molecule has 1 aliphatic carbocycles. The van der Waals surface area contributed by atoms with Crippen LogP contribution in [-0.2, 0) is 11.2 Å². The van der Waals surface area contributed by atoms with Crippen LogP contribution in [0, 0.1) is 0 Å². The fraction of sp³-hybridized carbons (Fsp3) is 0.533. The lowest BCUT2D eigenvalue weighted by atomic mass is 9.92. The Bertz CT molecular complexity index is 506. The van der Waals surface area contributed by atoms with Crippen LogP contribution in [0.4, 0.5) is 0 Å². The van der Waals surface area contributed by atoms with Gasteiger partial charge in [0.1, 0.15) is 0 Å². The Hall–Kier alpha value is -1.79. The number of phenols is 2. The number of rotatable bonds is 4. The number of benzene rings is 1. The van der Waals surface area contributed by atoms with E-state index >= 15 is 0 Å². The van der Waals surface area contributed by atoms with Crippen LogP contribution in [-0.4, -0.2) is 39.4 Å². The second-order valence-electron chi connectivity index (χ2n) is 5.60. The minimum Gasteiger partial charge on any atom is -0.504 e. The van der Waals surface area contributed by atoms with Gasteiger partial charge in [0, 0.05) is 0 Å². The molecule has 1 aromatic rings. The van der Waals surface area contributed by atoms with Crippen LogP contribution in [0.1, 0.15) is 31.2 Å². The third kappa shape index (κ3) is 4.09. The third-order valence-corrected chi connectivity index (χ3v) is 3.89. The Morgan fingerprint density at radius 3 is 2.67 bits per heavy atom. The molecule has 2 rings (SSSR count). The number of hydrogen-bond donors (Lipinski definition) is 5. The summed E-state index contributed by atoms with van der Waals surface area (Å²) in [4.78, 5) is 12.1. The second-order valence-corrected chi connectivity index (χ2v) is 5.60. The summed E-state index contributed by atoms with van der Waals surface area (Å²) in [5.74, 6) is -0.751. The Labute approximate surface area is 123 Å². The lowest BCUT2D eigenvalue weighted by Crippen LogP contribution is -2.51. The number of aliphatic hydroxyl groups excluding tert-OH is 1. The maximum absolute atomic E-state index is 12.1. The molecule has 0 aliphatic heterocycles. The first kappa shape index (κ1) is 15.6. The molecule has 0 radical (unpaired) electrons. The highest BCUT2D eigenvalue weighted by Gasteiger charge is 2.26. The first-order chi connectivity index (χ1) is 9.97. The van der Waals surface area contributed by atoms with Gasteiger partial charge in [-0.05, 0) is 37.0 Å². The quantitative estimate of drug-likeness (QED) is 0.515. The lowest BCUT2D eigenvalue weighted by Gasteiger charge is -2.29. The number of nitrogens with two attached hydrogens (primary N) is 1. The molecule has 6 nitrogen and oxygen atoms in total. The van der Waals surface area contributed by atoms with Crippen LogP contribution in [0.2, 0.25) is 0 Å². The second kappa shape index (κ2) is 6.78. The van der Waals surface area contributed by atoms with Crippen molar-refractivity contribution in [2.75, 3.05) is 0 Å². The van der Waals surface area contributed by atoms with Gasteiger partial charge in [-0.1, -0.05) is 18.9 Å². The summed E-state index contributed by atoms with van der Waals surface area (Å²) in [5.41, 5.74) is 6.53. The summed E-state index contributed by atoms with van der Waals surface area (Å²) in [6, 6.07) is 3.36. The highest BCUT2D eigenvalue weighted by atomic mass is 16.3. The predicted octanol–water partition coefficient (Wildman–Crippen LogP) is 0.387. The minimum absolute atomic E-state index is 0.206. The molecule has 21 heavy (non-hydrogen) atoms.